The van der Waals surface area contributed by atoms with E-state index in [-0.39, 0.29) is 5.91 Å². The number of carbonyl (C=O) groups excluding carboxylic acids is 1. The first-order valence-corrected chi connectivity index (χ1v) is 6.22. The Hall–Kier alpha value is -1.43. The maximum Gasteiger partial charge on any atom is 0.255 e. The molecule has 0 saturated carbocycles. The van der Waals surface area contributed by atoms with Gasteiger partial charge in [-0.1, -0.05) is 6.07 Å². The minimum Gasteiger partial charge on any atom is -0.321 e. The summed E-state index contributed by atoms with van der Waals surface area (Å²) >= 11 is 2.18. The van der Waals surface area contributed by atoms with Gasteiger partial charge in [0, 0.05) is 14.8 Å². The molecule has 0 bridgehead atoms. The van der Waals surface area contributed by atoms with E-state index in [1.54, 1.807) is 12.3 Å². The molecule has 0 saturated heterocycles. The topological polar surface area (TPSA) is 42.0 Å². The molecular formula is C13H11IN2O. The van der Waals surface area contributed by atoms with Crippen molar-refractivity contribution >= 4 is 34.2 Å². The molecule has 2 rings (SSSR count). The van der Waals surface area contributed by atoms with Gasteiger partial charge in [0.1, 0.15) is 0 Å². The molecular weight excluding hydrogens is 327 g/mol. The number of halogens is 1. The predicted octanol–water partition coefficient (Wildman–Crippen LogP) is 3.25. The molecule has 0 atom stereocenters. The number of anilines is 1. The smallest absolute Gasteiger partial charge is 0.255 e. The van der Waals surface area contributed by atoms with Crippen LogP contribution in [0.4, 0.5) is 5.69 Å². The molecule has 0 spiro atoms. The summed E-state index contributed by atoms with van der Waals surface area (Å²) in [6.07, 6.45) is 1.65. The molecule has 0 aliphatic carbocycles. The largest absolute Gasteiger partial charge is 0.321 e. The van der Waals surface area contributed by atoms with Gasteiger partial charge in [0.25, 0.3) is 5.91 Å². The zero-order valence-electron chi connectivity index (χ0n) is 9.27. The molecule has 4 heteroatoms. The second-order valence-corrected chi connectivity index (χ2v) is 4.90. The minimum absolute atomic E-state index is 0.117. The summed E-state index contributed by atoms with van der Waals surface area (Å²) in [7, 11) is 0. The Morgan fingerprint density at radius 2 is 2.12 bits per heavy atom. The van der Waals surface area contributed by atoms with E-state index in [1.807, 2.05) is 37.3 Å². The standard InChI is InChI=1S/C13H11IN2O/c1-9-5-6-12(8-15-9)16-13(17)10-3-2-4-11(14)7-10/h2-8H,1H3,(H,16,17). The lowest BCUT2D eigenvalue weighted by Gasteiger charge is -2.05. The van der Waals surface area contributed by atoms with Gasteiger partial charge in [-0.3, -0.25) is 9.78 Å². The molecule has 0 aliphatic heterocycles. The molecule has 1 N–H and O–H groups in total. The summed E-state index contributed by atoms with van der Waals surface area (Å²) in [5.74, 6) is -0.117. The SMILES string of the molecule is Cc1ccc(NC(=O)c2cccc(I)c2)cn1. The lowest BCUT2D eigenvalue weighted by Crippen LogP contribution is -2.12. The van der Waals surface area contributed by atoms with Gasteiger partial charge in [0.05, 0.1) is 11.9 Å². The third-order valence-electron chi connectivity index (χ3n) is 2.26. The van der Waals surface area contributed by atoms with E-state index < -0.39 is 0 Å². The van der Waals surface area contributed by atoms with Gasteiger partial charge in [-0.2, -0.15) is 0 Å². The fraction of sp³-hybridized carbons (Fsp3) is 0.0769. The van der Waals surface area contributed by atoms with Crippen LogP contribution in [-0.2, 0) is 0 Å². The van der Waals surface area contributed by atoms with Crippen LogP contribution in [0.25, 0.3) is 0 Å². The molecule has 0 radical (unpaired) electrons. The highest BCUT2D eigenvalue weighted by Crippen LogP contribution is 2.11. The second kappa shape index (κ2) is 5.27. The number of amides is 1. The van der Waals surface area contributed by atoms with E-state index in [2.05, 4.69) is 32.9 Å². The van der Waals surface area contributed by atoms with Gasteiger partial charge in [-0.15, -0.1) is 0 Å². The van der Waals surface area contributed by atoms with Crippen LogP contribution >= 0.6 is 22.6 Å². The molecule has 1 aromatic heterocycles. The molecule has 1 amide bonds. The minimum atomic E-state index is -0.117. The summed E-state index contributed by atoms with van der Waals surface area (Å²) in [5.41, 5.74) is 2.29. The Labute approximate surface area is 113 Å². The quantitative estimate of drug-likeness (QED) is 0.854. The van der Waals surface area contributed by atoms with Crippen LogP contribution in [0.1, 0.15) is 16.1 Å². The Kier molecular flexibility index (Phi) is 3.73. The summed E-state index contributed by atoms with van der Waals surface area (Å²) in [4.78, 5) is 16.0. The number of hydrogen-bond donors (Lipinski definition) is 1. The van der Waals surface area contributed by atoms with E-state index in [0.717, 1.165) is 9.26 Å². The number of nitrogens with zero attached hydrogens (tertiary/aromatic N) is 1. The van der Waals surface area contributed by atoms with Crippen LogP contribution in [-0.4, -0.2) is 10.9 Å². The number of benzene rings is 1. The Morgan fingerprint density at radius 1 is 1.29 bits per heavy atom. The van der Waals surface area contributed by atoms with Crippen molar-refractivity contribution in [1.82, 2.24) is 4.98 Å². The van der Waals surface area contributed by atoms with Crippen LogP contribution in [0.5, 0.6) is 0 Å². The molecule has 1 aromatic carbocycles. The number of aromatic nitrogens is 1. The Balaban J connectivity index is 2.14. The molecule has 0 aliphatic rings. The summed E-state index contributed by atoms with van der Waals surface area (Å²) < 4.78 is 1.04. The van der Waals surface area contributed by atoms with Gasteiger partial charge in [0.15, 0.2) is 0 Å². The van der Waals surface area contributed by atoms with Crippen LogP contribution in [0, 0.1) is 10.5 Å². The van der Waals surface area contributed by atoms with Crippen molar-refractivity contribution in [2.24, 2.45) is 0 Å². The highest BCUT2D eigenvalue weighted by molar-refractivity contribution is 14.1. The van der Waals surface area contributed by atoms with Gasteiger partial charge in [-0.05, 0) is 59.8 Å². The lowest BCUT2D eigenvalue weighted by molar-refractivity contribution is 0.102. The molecule has 1 heterocycles. The number of rotatable bonds is 2. The van der Waals surface area contributed by atoms with Crippen molar-refractivity contribution < 1.29 is 4.79 Å². The number of hydrogen-bond acceptors (Lipinski definition) is 2. The zero-order chi connectivity index (χ0) is 12.3. The van der Waals surface area contributed by atoms with Gasteiger partial charge >= 0.3 is 0 Å². The summed E-state index contributed by atoms with van der Waals surface area (Å²) in [6, 6.07) is 11.2. The van der Waals surface area contributed by atoms with E-state index >= 15 is 0 Å². The van der Waals surface area contributed by atoms with Crippen LogP contribution in [0.15, 0.2) is 42.6 Å². The van der Waals surface area contributed by atoms with Crippen molar-refractivity contribution in [1.29, 1.82) is 0 Å². The van der Waals surface area contributed by atoms with Crippen LogP contribution in [0.3, 0.4) is 0 Å². The predicted molar refractivity (Wildman–Crippen MR) is 76.1 cm³/mol. The maximum atomic E-state index is 11.9. The highest BCUT2D eigenvalue weighted by Gasteiger charge is 2.06. The van der Waals surface area contributed by atoms with Crippen molar-refractivity contribution in [2.75, 3.05) is 5.32 Å². The molecule has 17 heavy (non-hydrogen) atoms. The number of aryl methyl sites for hydroxylation is 1. The molecule has 0 fully saturated rings. The van der Waals surface area contributed by atoms with Crippen LogP contribution < -0.4 is 5.32 Å². The molecule has 3 nitrogen and oxygen atoms in total. The monoisotopic (exact) mass is 338 g/mol. The Bertz CT molecular complexity index is 537. The summed E-state index contributed by atoms with van der Waals surface area (Å²) in [5, 5.41) is 2.81. The Morgan fingerprint density at radius 3 is 2.76 bits per heavy atom. The van der Waals surface area contributed by atoms with E-state index in [9.17, 15) is 4.79 Å². The van der Waals surface area contributed by atoms with E-state index in [0.29, 0.717) is 11.3 Å². The third-order valence-corrected chi connectivity index (χ3v) is 2.93. The highest BCUT2D eigenvalue weighted by atomic mass is 127. The van der Waals surface area contributed by atoms with Crippen molar-refractivity contribution in [3.63, 3.8) is 0 Å². The molecule has 2 aromatic rings. The number of nitrogens with one attached hydrogen (secondary N) is 1. The van der Waals surface area contributed by atoms with E-state index in [4.69, 9.17) is 0 Å². The van der Waals surface area contributed by atoms with Crippen molar-refractivity contribution in [2.45, 2.75) is 6.92 Å². The first kappa shape index (κ1) is 12.0. The van der Waals surface area contributed by atoms with Gasteiger partial charge in [0.2, 0.25) is 0 Å². The fourth-order valence-electron chi connectivity index (χ4n) is 1.37. The van der Waals surface area contributed by atoms with Crippen LogP contribution in [0.2, 0.25) is 0 Å². The normalized spacial score (nSPS) is 10.0. The number of carbonyl (C=O) groups is 1. The molecule has 86 valence electrons. The maximum absolute atomic E-state index is 11.9. The van der Waals surface area contributed by atoms with Gasteiger partial charge in [-0.25, -0.2) is 0 Å². The molecule has 0 unspecified atom stereocenters. The first-order chi connectivity index (χ1) is 8.15. The summed E-state index contributed by atoms with van der Waals surface area (Å²) in [6.45, 7) is 1.91. The average Bonchev–Trinajstić information content (AvgIpc) is 2.32. The zero-order valence-corrected chi connectivity index (χ0v) is 11.4. The van der Waals surface area contributed by atoms with E-state index in [1.165, 1.54) is 0 Å². The first-order valence-electron chi connectivity index (χ1n) is 5.15. The third kappa shape index (κ3) is 3.26. The average molecular weight is 338 g/mol. The second-order valence-electron chi connectivity index (χ2n) is 3.65. The van der Waals surface area contributed by atoms with Crippen molar-refractivity contribution in [3.05, 3.63) is 57.4 Å². The van der Waals surface area contributed by atoms with Gasteiger partial charge < -0.3 is 5.32 Å². The number of pyridine rings is 1. The lowest BCUT2D eigenvalue weighted by atomic mass is 10.2. The van der Waals surface area contributed by atoms with Crippen molar-refractivity contribution in [3.8, 4) is 0 Å². The fourth-order valence-corrected chi connectivity index (χ4v) is 1.92.